The quantitative estimate of drug-likeness (QED) is 0.605. The molecular weight excluding hydrogens is 376 g/mol. The predicted molar refractivity (Wildman–Crippen MR) is 109 cm³/mol. The van der Waals surface area contributed by atoms with Gasteiger partial charge in [-0.25, -0.2) is 0 Å². The van der Waals surface area contributed by atoms with E-state index in [0.29, 0.717) is 35.2 Å². The van der Waals surface area contributed by atoms with Crippen LogP contribution in [0.3, 0.4) is 0 Å². The zero-order valence-electron chi connectivity index (χ0n) is 15.3. The van der Waals surface area contributed by atoms with Gasteiger partial charge in [0.05, 0.1) is 12.3 Å². The Bertz CT molecular complexity index is 943. The molecule has 1 aromatic heterocycles. The van der Waals surface area contributed by atoms with Gasteiger partial charge in [0, 0.05) is 18.5 Å². The summed E-state index contributed by atoms with van der Waals surface area (Å²) in [5, 5.41) is 14.4. The van der Waals surface area contributed by atoms with Gasteiger partial charge in [0.2, 0.25) is 10.9 Å². The molecule has 0 aliphatic rings. The fourth-order valence-electron chi connectivity index (χ4n) is 2.44. The predicted octanol–water partition coefficient (Wildman–Crippen LogP) is 3.76. The smallest absolute Gasteiger partial charge is 0.286 e. The first-order valence-corrected chi connectivity index (χ1v) is 9.68. The number of benzene rings is 2. The molecule has 0 fully saturated rings. The Labute approximate surface area is 166 Å². The standard InChI is InChI=1S/C20H20N4O3S/c1-2-27-16-11-7-6-10-15(16)22-17(25)12-13-18-23-24-20(28-18)19(26)21-14-8-4-3-5-9-14/h3-11H,2,12-13H2,1H3,(H,21,26)(H,22,25). The summed E-state index contributed by atoms with van der Waals surface area (Å²) in [5.41, 5.74) is 1.33. The molecule has 0 radical (unpaired) electrons. The van der Waals surface area contributed by atoms with Crippen molar-refractivity contribution >= 4 is 34.5 Å². The molecule has 0 saturated heterocycles. The van der Waals surface area contributed by atoms with Crippen molar-refractivity contribution in [3.05, 3.63) is 64.6 Å². The number of nitrogens with one attached hydrogen (secondary N) is 2. The Balaban J connectivity index is 1.53. The van der Waals surface area contributed by atoms with Crippen LogP contribution < -0.4 is 15.4 Å². The number of nitrogens with zero attached hydrogens (tertiary/aromatic N) is 2. The Morgan fingerprint density at radius 3 is 2.54 bits per heavy atom. The summed E-state index contributed by atoms with van der Waals surface area (Å²) in [5.74, 6) is 0.164. The van der Waals surface area contributed by atoms with Gasteiger partial charge < -0.3 is 15.4 Å². The number of para-hydroxylation sites is 3. The lowest BCUT2D eigenvalue weighted by atomic mass is 10.2. The van der Waals surface area contributed by atoms with E-state index in [1.54, 1.807) is 18.2 Å². The average Bonchev–Trinajstić information content (AvgIpc) is 3.18. The minimum Gasteiger partial charge on any atom is -0.492 e. The highest BCUT2D eigenvalue weighted by atomic mass is 32.1. The van der Waals surface area contributed by atoms with Gasteiger partial charge in [-0.2, -0.15) is 0 Å². The second kappa shape index (κ2) is 9.61. The van der Waals surface area contributed by atoms with Crippen molar-refractivity contribution in [2.45, 2.75) is 19.8 Å². The molecule has 0 saturated carbocycles. The highest BCUT2D eigenvalue weighted by Crippen LogP contribution is 2.24. The van der Waals surface area contributed by atoms with Gasteiger partial charge in [-0.15, -0.1) is 10.2 Å². The van der Waals surface area contributed by atoms with E-state index in [1.807, 2.05) is 43.3 Å². The van der Waals surface area contributed by atoms with Crippen molar-refractivity contribution < 1.29 is 14.3 Å². The maximum absolute atomic E-state index is 12.2. The van der Waals surface area contributed by atoms with E-state index in [0.717, 1.165) is 0 Å². The van der Waals surface area contributed by atoms with Crippen LogP contribution in [0.2, 0.25) is 0 Å². The van der Waals surface area contributed by atoms with Gasteiger partial charge in [0.1, 0.15) is 10.8 Å². The third-order valence-electron chi connectivity index (χ3n) is 3.72. The Hall–Kier alpha value is -3.26. The van der Waals surface area contributed by atoms with Crippen LogP contribution in [0.5, 0.6) is 5.75 Å². The Kier molecular flexibility index (Phi) is 6.69. The van der Waals surface area contributed by atoms with Gasteiger partial charge >= 0.3 is 0 Å². The van der Waals surface area contributed by atoms with E-state index in [2.05, 4.69) is 20.8 Å². The SMILES string of the molecule is CCOc1ccccc1NC(=O)CCc1nnc(C(=O)Nc2ccccc2)s1. The average molecular weight is 396 g/mol. The first-order chi connectivity index (χ1) is 13.7. The normalized spacial score (nSPS) is 10.3. The molecule has 0 atom stereocenters. The van der Waals surface area contributed by atoms with Crippen molar-refractivity contribution in [2.75, 3.05) is 17.2 Å². The monoisotopic (exact) mass is 396 g/mol. The van der Waals surface area contributed by atoms with E-state index < -0.39 is 0 Å². The zero-order chi connectivity index (χ0) is 19.8. The summed E-state index contributed by atoms with van der Waals surface area (Å²) >= 11 is 1.18. The van der Waals surface area contributed by atoms with Gasteiger partial charge in [0.15, 0.2) is 0 Å². The van der Waals surface area contributed by atoms with E-state index in [4.69, 9.17) is 4.74 Å². The van der Waals surface area contributed by atoms with Crippen LogP contribution in [-0.4, -0.2) is 28.6 Å². The van der Waals surface area contributed by atoms with Gasteiger partial charge in [-0.3, -0.25) is 9.59 Å². The summed E-state index contributed by atoms with van der Waals surface area (Å²) < 4.78 is 5.50. The number of hydrogen-bond acceptors (Lipinski definition) is 6. The molecule has 0 aliphatic carbocycles. The van der Waals surface area contributed by atoms with Crippen LogP contribution >= 0.6 is 11.3 Å². The molecule has 2 aromatic carbocycles. The van der Waals surface area contributed by atoms with E-state index in [-0.39, 0.29) is 23.2 Å². The number of aromatic nitrogens is 2. The number of rotatable bonds is 8. The summed E-state index contributed by atoms with van der Waals surface area (Å²) in [6.07, 6.45) is 0.633. The first-order valence-electron chi connectivity index (χ1n) is 8.86. The van der Waals surface area contributed by atoms with Crippen LogP contribution in [0.25, 0.3) is 0 Å². The molecule has 0 spiro atoms. The largest absolute Gasteiger partial charge is 0.492 e. The van der Waals surface area contributed by atoms with Crippen molar-refractivity contribution in [3.63, 3.8) is 0 Å². The first kappa shape index (κ1) is 19.5. The molecule has 0 bridgehead atoms. The summed E-state index contributed by atoms with van der Waals surface area (Å²) in [7, 11) is 0. The molecule has 3 aromatic rings. The van der Waals surface area contributed by atoms with Crippen molar-refractivity contribution in [1.29, 1.82) is 0 Å². The molecule has 1 heterocycles. The molecular formula is C20H20N4O3S. The van der Waals surface area contributed by atoms with Crippen molar-refractivity contribution in [3.8, 4) is 5.75 Å². The van der Waals surface area contributed by atoms with Crippen LogP contribution in [0.15, 0.2) is 54.6 Å². The summed E-state index contributed by atoms with van der Waals surface area (Å²) in [4.78, 5) is 24.4. The van der Waals surface area contributed by atoms with E-state index in [9.17, 15) is 9.59 Å². The lowest BCUT2D eigenvalue weighted by molar-refractivity contribution is -0.116. The molecule has 0 unspecified atom stereocenters. The number of anilines is 2. The molecule has 8 heteroatoms. The van der Waals surface area contributed by atoms with Crippen LogP contribution in [-0.2, 0) is 11.2 Å². The number of hydrogen-bond donors (Lipinski definition) is 2. The lowest BCUT2D eigenvalue weighted by Gasteiger charge is -2.10. The lowest BCUT2D eigenvalue weighted by Crippen LogP contribution is -2.13. The molecule has 28 heavy (non-hydrogen) atoms. The van der Waals surface area contributed by atoms with Crippen molar-refractivity contribution in [2.24, 2.45) is 0 Å². The highest BCUT2D eigenvalue weighted by molar-refractivity contribution is 7.13. The second-order valence-corrected chi connectivity index (χ2v) is 6.86. The fourth-order valence-corrected chi connectivity index (χ4v) is 3.17. The fraction of sp³-hybridized carbons (Fsp3) is 0.200. The van der Waals surface area contributed by atoms with Crippen molar-refractivity contribution in [1.82, 2.24) is 10.2 Å². The molecule has 2 N–H and O–H groups in total. The van der Waals surface area contributed by atoms with Crippen LogP contribution in [0.4, 0.5) is 11.4 Å². The number of amides is 2. The third kappa shape index (κ3) is 5.37. The Morgan fingerprint density at radius 1 is 1.00 bits per heavy atom. The topological polar surface area (TPSA) is 93.2 Å². The molecule has 0 aliphatic heterocycles. The molecule has 7 nitrogen and oxygen atoms in total. The summed E-state index contributed by atoms with van der Waals surface area (Å²) in [6, 6.07) is 16.4. The number of aryl methyl sites for hydroxylation is 1. The molecule has 3 rings (SSSR count). The zero-order valence-corrected chi connectivity index (χ0v) is 16.2. The van der Waals surface area contributed by atoms with Crippen LogP contribution in [0, 0.1) is 0 Å². The number of ether oxygens (including phenoxy) is 1. The summed E-state index contributed by atoms with van der Waals surface area (Å²) in [6.45, 7) is 2.41. The number of carbonyl (C=O) groups is 2. The minimum absolute atomic E-state index is 0.155. The van der Waals surface area contributed by atoms with Gasteiger partial charge in [0.25, 0.3) is 5.91 Å². The highest BCUT2D eigenvalue weighted by Gasteiger charge is 2.14. The third-order valence-corrected chi connectivity index (χ3v) is 4.70. The van der Waals surface area contributed by atoms with Gasteiger partial charge in [-0.1, -0.05) is 41.7 Å². The molecule has 144 valence electrons. The van der Waals surface area contributed by atoms with Crippen LogP contribution in [0.1, 0.15) is 28.2 Å². The molecule has 2 amide bonds. The maximum Gasteiger partial charge on any atom is 0.286 e. The maximum atomic E-state index is 12.2. The second-order valence-electron chi connectivity index (χ2n) is 5.80. The van der Waals surface area contributed by atoms with E-state index in [1.165, 1.54) is 11.3 Å². The Morgan fingerprint density at radius 2 is 1.75 bits per heavy atom. The van der Waals surface area contributed by atoms with E-state index >= 15 is 0 Å². The number of carbonyl (C=O) groups excluding carboxylic acids is 2. The minimum atomic E-state index is -0.315. The van der Waals surface area contributed by atoms with Gasteiger partial charge in [-0.05, 0) is 31.2 Å².